The van der Waals surface area contributed by atoms with Crippen LogP contribution in [-0.4, -0.2) is 19.0 Å². The number of aryl methyl sites for hydroxylation is 2. The molecule has 0 unspecified atom stereocenters. The molecule has 0 spiro atoms. The Morgan fingerprint density at radius 2 is 2.05 bits per heavy atom. The summed E-state index contributed by atoms with van der Waals surface area (Å²) < 4.78 is 0. The standard InChI is InChI=1S/C14H22N4O2.ClH/c1-4-5-9-20-17-16-10-18(14(15)19)13-11(2)7-6-8-12(13)3;/h6-8,10,17H,4-5,9H2,1-3H3,(H2,15,19);1H. The number of hydrogen-bond donors (Lipinski definition) is 2. The molecule has 6 nitrogen and oxygen atoms in total. The molecule has 0 aliphatic rings. The second kappa shape index (κ2) is 10.0. The van der Waals surface area contributed by atoms with Gasteiger partial charge in [-0.25, -0.2) is 4.79 Å². The van der Waals surface area contributed by atoms with E-state index in [1.165, 1.54) is 11.2 Å². The van der Waals surface area contributed by atoms with E-state index < -0.39 is 6.03 Å². The molecule has 21 heavy (non-hydrogen) atoms. The van der Waals surface area contributed by atoms with Gasteiger partial charge in [0.15, 0.2) is 0 Å². The molecule has 0 aromatic heterocycles. The Morgan fingerprint density at radius 1 is 1.43 bits per heavy atom. The van der Waals surface area contributed by atoms with Crippen molar-refractivity contribution in [2.75, 3.05) is 11.5 Å². The van der Waals surface area contributed by atoms with Crippen molar-refractivity contribution < 1.29 is 9.63 Å². The summed E-state index contributed by atoms with van der Waals surface area (Å²) >= 11 is 0. The van der Waals surface area contributed by atoms with Crippen molar-refractivity contribution in [1.29, 1.82) is 0 Å². The van der Waals surface area contributed by atoms with Gasteiger partial charge in [0.25, 0.3) is 0 Å². The number of nitrogens with one attached hydrogen (secondary N) is 1. The number of primary amides is 1. The molecule has 0 aliphatic carbocycles. The fourth-order valence-electron chi connectivity index (χ4n) is 1.79. The minimum Gasteiger partial charge on any atom is -0.351 e. The maximum atomic E-state index is 11.6. The van der Waals surface area contributed by atoms with Gasteiger partial charge >= 0.3 is 6.03 Å². The molecule has 0 atom stereocenters. The van der Waals surface area contributed by atoms with E-state index in [-0.39, 0.29) is 12.4 Å². The number of hydrazone groups is 1. The molecule has 1 rings (SSSR count). The first-order valence-corrected chi connectivity index (χ1v) is 6.62. The highest BCUT2D eigenvalue weighted by Crippen LogP contribution is 2.23. The van der Waals surface area contributed by atoms with Gasteiger partial charge in [0.2, 0.25) is 0 Å². The van der Waals surface area contributed by atoms with Crippen LogP contribution in [-0.2, 0) is 4.84 Å². The lowest BCUT2D eigenvalue weighted by atomic mass is 10.1. The Morgan fingerprint density at radius 3 is 2.57 bits per heavy atom. The van der Waals surface area contributed by atoms with Crippen molar-refractivity contribution in [2.24, 2.45) is 10.8 Å². The number of nitrogens with two attached hydrogens (primary N) is 1. The summed E-state index contributed by atoms with van der Waals surface area (Å²) in [6.45, 7) is 6.46. The lowest BCUT2D eigenvalue weighted by molar-refractivity contribution is 0.0416. The Hall–Kier alpha value is -1.79. The Kier molecular flexibility index (Phi) is 9.16. The van der Waals surface area contributed by atoms with Crippen LogP contribution < -0.4 is 16.2 Å². The number of anilines is 1. The zero-order valence-electron chi connectivity index (χ0n) is 12.6. The van der Waals surface area contributed by atoms with Gasteiger partial charge in [-0.1, -0.05) is 31.5 Å². The molecule has 3 N–H and O–H groups in total. The summed E-state index contributed by atoms with van der Waals surface area (Å²) in [5.41, 5.74) is 10.5. The smallest absolute Gasteiger partial charge is 0.324 e. The number of unbranched alkanes of at least 4 members (excludes halogenated alkanes) is 1. The maximum absolute atomic E-state index is 11.6. The number of benzene rings is 1. The molecule has 0 heterocycles. The molecule has 0 bridgehead atoms. The van der Waals surface area contributed by atoms with Gasteiger partial charge in [-0.2, -0.15) is 5.59 Å². The van der Waals surface area contributed by atoms with Crippen LogP contribution in [0.4, 0.5) is 10.5 Å². The second-order valence-corrected chi connectivity index (χ2v) is 4.49. The summed E-state index contributed by atoms with van der Waals surface area (Å²) in [5, 5.41) is 3.85. The first kappa shape index (κ1) is 19.2. The highest BCUT2D eigenvalue weighted by atomic mass is 35.5. The van der Waals surface area contributed by atoms with Crippen LogP contribution in [0.2, 0.25) is 0 Å². The quantitative estimate of drug-likeness (QED) is 0.351. The number of rotatable bonds is 7. The van der Waals surface area contributed by atoms with Crippen molar-refractivity contribution in [2.45, 2.75) is 33.6 Å². The molecule has 1 aromatic rings. The van der Waals surface area contributed by atoms with Gasteiger partial charge in [-0.05, 0) is 31.4 Å². The fourth-order valence-corrected chi connectivity index (χ4v) is 1.79. The van der Waals surface area contributed by atoms with Gasteiger partial charge in [0.05, 0.1) is 12.3 Å². The van der Waals surface area contributed by atoms with E-state index in [9.17, 15) is 4.79 Å². The normalized spacial score (nSPS) is 10.2. The van der Waals surface area contributed by atoms with Gasteiger partial charge in [-0.15, -0.1) is 17.5 Å². The highest BCUT2D eigenvalue weighted by molar-refractivity contribution is 6.07. The number of nitrogens with zero attached hydrogens (tertiary/aromatic N) is 2. The van der Waals surface area contributed by atoms with Crippen LogP contribution in [0.25, 0.3) is 0 Å². The number of carbonyl (C=O) groups is 1. The SMILES string of the molecule is CCCCONN=CN(C(N)=O)c1c(C)cccc1C.Cl. The molecule has 0 fully saturated rings. The third-order valence-electron chi connectivity index (χ3n) is 2.81. The van der Waals surface area contributed by atoms with E-state index in [1.807, 2.05) is 32.0 Å². The Balaban J connectivity index is 0.00000400. The summed E-state index contributed by atoms with van der Waals surface area (Å²) in [6.07, 6.45) is 3.31. The van der Waals surface area contributed by atoms with Crippen LogP contribution in [0, 0.1) is 13.8 Å². The third kappa shape index (κ3) is 6.01. The van der Waals surface area contributed by atoms with Gasteiger partial charge in [0, 0.05) is 0 Å². The zero-order chi connectivity index (χ0) is 15.0. The molecule has 0 radical (unpaired) electrons. The molecular formula is C14H23ClN4O2. The summed E-state index contributed by atoms with van der Waals surface area (Å²) in [7, 11) is 0. The minimum absolute atomic E-state index is 0. The molecular weight excluding hydrogens is 292 g/mol. The van der Waals surface area contributed by atoms with Crippen molar-refractivity contribution >= 4 is 30.5 Å². The van der Waals surface area contributed by atoms with Crippen molar-refractivity contribution in [1.82, 2.24) is 5.59 Å². The maximum Gasteiger partial charge on any atom is 0.324 e. The van der Waals surface area contributed by atoms with E-state index in [0.717, 1.165) is 29.7 Å². The number of hydrogen-bond acceptors (Lipinski definition) is 4. The number of carbonyl (C=O) groups excluding carboxylic acids is 1. The zero-order valence-corrected chi connectivity index (χ0v) is 13.4. The Labute approximate surface area is 131 Å². The number of halogens is 1. The largest absolute Gasteiger partial charge is 0.351 e. The fraction of sp³-hybridized carbons (Fsp3) is 0.429. The van der Waals surface area contributed by atoms with E-state index in [2.05, 4.69) is 17.6 Å². The van der Waals surface area contributed by atoms with Gasteiger partial charge in [-0.3, -0.25) is 9.74 Å². The molecule has 0 aliphatic heterocycles. The van der Waals surface area contributed by atoms with E-state index in [4.69, 9.17) is 10.6 Å². The molecule has 0 saturated carbocycles. The highest BCUT2D eigenvalue weighted by Gasteiger charge is 2.14. The van der Waals surface area contributed by atoms with Gasteiger partial charge in [0.1, 0.15) is 6.34 Å². The lowest BCUT2D eigenvalue weighted by Crippen LogP contribution is -2.36. The Bertz CT molecular complexity index is 460. The summed E-state index contributed by atoms with van der Waals surface area (Å²) in [5.74, 6) is 0. The predicted molar refractivity (Wildman–Crippen MR) is 87.7 cm³/mol. The van der Waals surface area contributed by atoms with Crippen LogP contribution in [0.3, 0.4) is 0 Å². The minimum atomic E-state index is -0.596. The lowest BCUT2D eigenvalue weighted by Gasteiger charge is -2.19. The average Bonchev–Trinajstić information content (AvgIpc) is 2.39. The van der Waals surface area contributed by atoms with E-state index in [1.54, 1.807) is 0 Å². The van der Waals surface area contributed by atoms with Crippen molar-refractivity contribution in [3.05, 3.63) is 29.3 Å². The molecule has 118 valence electrons. The van der Waals surface area contributed by atoms with Crippen molar-refractivity contribution in [3.63, 3.8) is 0 Å². The van der Waals surface area contributed by atoms with E-state index in [0.29, 0.717) is 6.61 Å². The monoisotopic (exact) mass is 314 g/mol. The number of para-hydroxylation sites is 1. The third-order valence-corrected chi connectivity index (χ3v) is 2.81. The second-order valence-electron chi connectivity index (χ2n) is 4.49. The molecule has 7 heteroatoms. The van der Waals surface area contributed by atoms with Crippen molar-refractivity contribution in [3.8, 4) is 0 Å². The first-order chi connectivity index (χ1) is 9.57. The topological polar surface area (TPSA) is 79.9 Å². The number of amides is 2. The van der Waals surface area contributed by atoms with Crippen LogP contribution >= 0.6 is 12.4 Å². The van der Waals surface area contributed by atoms with E-state index >= 15 is 0 Å². The molecule has 2 amide bonds. The van der Waals surface area contributed by atoms with Crippen LogP contribution in [0.15, 0.2) is 23.3 Å². The van der Waals surface area contributed by atoms with Gasteiger partial charge < -0.3 is 5.73 Å². The predicted octanol–water partition coefficient (Wildman–Crippen LogP) is 2.87. The van der Waals surface area contributed by atoms with Crippen LogP contribution in [0.1, 0.15) is 30.9 Å². The molecule has 1 aromatic carbocycles. The summed E-state index contributed by atoms with van der Waals surface area (Å²) in [6, 6.07) is 5.16. The van der Waals surface area contributed by atoms with Crippen LogP contribution in [0.5, 0.6) is 0 Å². The average molecular weight is 315 g/mol. The summed E-state index contributed by atoms with van der Waals surface area (Å²) in [4.78, 5) is 17.9. The number of urea groups is 1. The first-order valence-electron chi connectivity index (χ1n) is 6.62. The molecule has 0 saturated heterocycles.